The maximum atomic E-state index is 12.6. The lowest BCUT2D eigenvalue weighted by molar-refractivity contribution is 0.0696. The molecule has 1 aliphatic heterocycles. The molecule has 150 valence electrons. The fourth-order valence-electron chi connectivity index (χ4n) is 4.86. The van der Waals surface area contributed by atoms with Gasteiger partial charge in [0, 0.05) is 18.3 Å². The molecule has 7 heteroatoms. The van der Waals surface area contributed by atoms with Crippen molar-refractivity contribution in [2.45, 2.75) is 50.3 Å². The molecule has 2 aromatic heterocycles. The third-order valence-electron chi connectivity index (χ3n) is 6.39. The van der Waals surface area contributed by atoms with Crippen LogP contribution in [0, 0.1) is 0 Å². The van der Waals surface area contributed by atoms with Gasteiger partial charge in [0.1, 0.15) is 0 Å². The summed E-state index contributed by atoms with van der Waals surface area (Å²) in [6.07, 6.45) is 6.57. The number of rotatable bonds is 3. The highest BCUT2D eigenvalue weighted by Crippen LogP contribution is 2.38. The molecule has 0 spiro atoms. The molecule has 1 aliphatic carbocycles. The summed E-state index contributed by atoms with van der Waals surface area (Å²) >= 11 is 0. The van der Waals surface area contributed by atoms with Gasteiger partial charge in [0.25, 0.3) is 0 Å². The highest BCUT2D eigenvalue weighted by molar-refractivity contribution is 5.74. The molecule has 1 atom stereocenters. The third kappa shape index (κ3) is 3.01. The van der Waals surface area contributed by atoms with Crippen molar-refractivity contribution in [1.82, 2.24) is 19.4 Å². The Balaban J connectivity index is 1.31. The summed E-state index contributed by atoms with van der Waals surface area (Å²) in [6.45, 7) is 2.54. The Kier molecular flexibility index (Phi) is 4.19. The number of pyridine rings is 1. The van der Waals surface area contributed by atoms with E-state index in [2.05, 4.69) is 9.97 Å². The number of aromatic amines is 1. The molecule has 2 fully saturated rings. The van der Waals surface area contributed by atoms with Crippen LogP contribution in [0.3, 0.4) is 0 Å². The highest BCUT2D eigenvalue weighted by atomic mass is 16.6. The van der Waals surface area contributed by atoms with Gasteiger partial charge in [-0.1, -0.05) is 30.3 Å². The van der Waals surface area contributed by atoms with E-state index in [1.165, 1.54) is 0 Å². The van der Waals surface area contributed by atoms with Crippen molar-refractivity contribution in [1.29, 1.82) is 0 Å². The molecule has 5 rings (SSSR count). The van der Waals surface area contributed by atoms with Crippen molar-refractivity contribution in [3.63, 3.8) is 0 Å². The summed E-state index contributed by atoms with van der Waals surface area (Å²) < 4.78 is 7.65. The largest absolute Gasteiger partial charge is 0.436 e. The Morgan fingerprint density at radius 2 is 1.79 bits per heavy atom. The number of nitrogens with zero attached hydrogens (tertiary/aromatic N) is 3. The number of carbonyl (C=O) groups excluding carboxylic acids is 1. The molecule has 1 saturated carbocycles. The Bertz CT molecular complexity index is 1100. The van der Waals surface area contributed by atoms with Gasteiger partial charge in [0.2, 0.25) is 0 Å². The number of H-pyrrole nitrogens is 1. The van der Waals surface area contributed by atoms with E-state index in [0.717, 1.165) is 42.3 Å². The first-order valence-electron chi connectivity index (χ1n) is 10.1. The zero-order chi connectivity index (χ0) is 20.0. The van der Waals surface area contributed by atoms with Gasteiger partial charge in [-0.3, -0.25) is 9.55 Å². The van der Waals surface area contributed by atoms with Crippen LogP contribution in [0.15, 0.2) is 53.6 Å². The Morgan fingerprint density at radius 3 is 2.55 bits per heavy atom. The minimum atomic E-state index is -0.615. The number of aromatic nitrogens is 3. The number of amides is 1. The van der Waals surface area contributed by atoms with E-state index < -0.39 is 5.60 Å². The van der Waals surface area contributed by atoms with E-state index in [1.807, 2.05) is 52.8 Å². The molecule has 1 N–H and O–H groups in total. The maximum Gasteiger partial charge on any atom is 0.411 e. The second kappa shape index (κ2) is 6.76. The van der Waals surface area contributed by atoms with Crippen LogP contribution in [0.2, 0.25) is 0 Å². The first-order valence-corrected chi connectivity index (χ1v) is 10.1. The van der Waals surface area contributed by atoms with Gasteiger partial charge in [-0.05, 0) is 44.2 Å². The van der Waals surface area contributed by atoms with Crippen molar-refractivity contribution in [2.75, 3.05) is 6.54 Å². The van der Waals surface area contributed by atoms with Crippen LogP contribution in [-0.2, 0) is 10.3 Å². The number of imidazole rings is 1. The van der Waals surface area contributed by atoms with Crippen molar-refractivity contribution >= 4 is 17.1 Å². The number of ether oxygens (including phenoxy) is 1. The Labute approximate surface area is 168 Å². The molecule has 2 aliphatic rings. The molecule has 1 aromatic carbocycles. The van der Waals surface area contributed by atoms with Gasteiger partial charge in [-0.25, -0.2) is 9.59 Å². The average Bonchev–Trinajstić information content (AvgIpc) is 3.25. The standard InChI is InChI=1S/C22H24N4O3/c1-22(15-5-3-2-4-6-15)14-25(21(28)29-22)16-7-9-17(10-8-16)26-19-11-12-23-13-18(19)24-20(26)27/h2-6,11-13,16-17H,7-10,14H2,1H3,(H,24,27)/t16?,17?,22-/m0/s1. The number of hydrogen-bond donors (Lipinski definition) is 1. The van der Waals surface area contributed by atoms with Crippen molar-refractivity contribution in [3.05, 3.63) is 64.8 Å². The first-order chi connectivity index (χ1) is 14.0. The zero-order valence-corrected chi connectivity index (χ0v) is 16.4. The molecule has 1 amide bonds. The van der Waals surface area contributed by atoms with Crippen molar-refractivity contribution in [2.24, 2.45) is 0 Å². The average molecular weight is 392 g/mol. The molecule has 3 heterocycles. The molecule has 1 saturated heterocycles. The predicted molar refractivity (Wildman–Crippen MR) is 109 cm³/mol. The SMILES string of the molecule is C[C@@]1(c2ccccc2)CN(C2CCC(n3c(=O)[nH]c4cnccc43)CC2)C(=O)O1. The lowest BCUT2D eigenvalue weighted by atomic mass is 9.89. The van der Waals surface area contributed by atoms with E-state index in [0.29, 0.717) is 6.54 Å². The summed E-state index contributed by atoms with van der Waals surface area (Å²) in [5.74, 6) is 0. The van der Waals surface area contributed by atoms with Gasteiger partial charge >= 0.3 is 11.8 Å². The summed E-state index contributed by atoms with van der Waals surface area (Å²) in [5.41, 5.74) is 1.97. The van der Waals surface area contributed by atoms with E-state index in [4.69, 9.17) is 4.74 Å². The van der Waals surface area contributed by atoms with E-state index >= 15 is 0 Å². The van der Waals surface area contributed by atoms with E-state index in [1.54, 1.807) is 12.4 Å². The zero-order valence-electron chi connectivity index (χ0n) is 16.4. The maximum absolute atomic E-state index is 12.6. The fourth-order valence-corrected chi connectivity index (χ4v) is 4.86. The third-order valence-corrected chi connectivity index (χ3v) is 6.39. The Morgan fingerprint density at radius 1 is 1.07 bits per heavy atom. The molecule has 3 aromatic rings. The molecule has 0 bridgehead atoms. The predicted octanol–water partition coefficient (Wildman–Crippen LogP) is 3.58. The smallest absolute Gasteiger partial charge is 0.411 e. The molecular weight excluding hydrogens is 368 g/mol. The summed E-state index contributed by atoms with van der Waals surface area (Å²) in [5, 5.41) is 0. The quantitative estimate of drug-likeness (QED) is 0.739. The second-order valence-electron chi connectivity index (χ2n) is 8.25. The monoisotopic (exact) mass is 392 g/mol. The van der Waals surface area contributed by atoms with Gasteiger partial charge in [-0.2, -0.15) is 0 Å². The van der Waals surface area contributed by atoms with Crippen LogP contribution in [0.5, 0.6) is 0 Å². The molecular formula is C22H24N4O3. The summed E-state index contributed by atoms with van der Waals surface area (Å²) in [7, 11) is 0. The number of nitrogens with one attached hydrogen (secondary N) is 1. The van der Waals surface area contributed by atoms with Crippen molar-refractivity contribution in [3.8, 4) is 0 Å². The Hall–Kier alpha value is -3.09. The van der Waals surface area contributed by atoms with Crippen molar-refractivity contribution < 1.29 is 9.53 Å². The molecule has 7 nitrogen and oxygen atoms in total. The van der Waals surface area contributed by atoms with Crippen LogP contribution in [-0.4, -0.2) is 38.1 Å². The van der Waals surface area contributed by atoms with E-state index in [9.17, 15) is 9.59 Å². The van der Waals surface area contributed by atoms with Gasteiger partial charge in [0.05, 0.1) is 23.8 Å². The van der Waals surface area contributed by atoms with Crippen LogP contribution in [0.25, 0.3) is 11.0 Å². The number of carbonyl (C=O) groups is 1. The topological polar surface area (TPSA) is 80.2 Å². The van der Waals surface area contributed by atoms with Crippen LogP contribution in [0.1, 0.15) is 44.2 Å². The lowest BCUT2D eigenvalue weighted by Crippen LogP contribution is -2.41. The van der Waals surface area contributed by atoms with Crippen LogP contribution < -0.4 is 5.69 Å². The first kappa shape index (κ1) is 18.0. The molecule has 29 heavy (non-hydrogen) atoms. The number of cyclic esters (lactones) is 1. The fraction of sp³-hybridized carbons (Fsp3) is 0.409. The number of fused-ring (bicyclic) bond motifs is 1. The van der Waals surface area contributed by atoms with E-state index in [-0.39, 0.29) is 23.9 Å². The van der Waals surface area contributed by atoms with Crippen LogP contribution >= 0.6 is 0 Å². The van der Waals surface area contributed by atoms with Gasteiger partial charge in [0.15, 0.2) is 5.60 Å². The number of hydrogen-bond acceptors (Lipinski definition) is 4. The number of benzene rings is 1. The van der Waals surface area contributed by atoms with Gasteiger partial charge in [-0.15, -0.1) is 0 Å². The second-order valence-corrected chi connectivity index (χ2v) is 8.25. The van der Waals surface area contributed by atoms with Crippen LogP contribution in [0.4, 0.5) is 4.79 Å². The highest BCUT2D eigenvalue weighted by Gasteiger charge is 2.46. The summed E-state index contributed by atoms with van der Waals surface area (Å²) in [4.78, 5) is 34.0. The lowest BCUT2D eigenvalue weighted by Gasteiger charge is -2.34. The molecule has 0 unspecified atom stereocenters. The minimum Gasteiger partial charge on any atom is -0.436 e. The van der Waals surface area contributed by atoms with Gasteiger partial charge < -0.3 is 14.6 Å². The normalized spacial score (nSPS) is 27.3. The summed E-state index contributed by atoms with van der Waals surface area (Å²) in [6, 6.07) is 12.1. The minimum absolute atomic E-state index is 0.0892. The molecule has 0 radical (unpaired) electrons.